The van der Waals surface area contributed by atoms with Crippen molar-refractivity contribution in [2.45, 2.75) is 26.4 Å². The number of ether oxygens (including phenoxy) is 1. The van der Waals surface area contributed by atoms with Gasteiger partial charge in [-0.05, 0) is 55.8 Å². The molecule has 2 atom stereocenters. The Morgan fingerprint density at radius 2 is 1.71 bits per heavy atom. The van der Waals surface area contributed by atoms with Crippen LogP contribution in [0.25, 0.3) is 0 Å². The fraction of sp³-hybridized carbons (Fsp3) is 0.200. The molecule has 0 aliphatic heterocycles. The predicted molar refractivity (Wildman–Crippen MR) is 142 cm³/mol. The molecule has 4 aromatic rings. The summed E-state index contributed by atoms with van der Waals surface area (Å²) < 4.78 is 7.75. The van der Waals surface area contributed by atoms with Gasteiger partial charge in [-0.1, -0.05) is 35.3 Å². The Morgan fingerprint density at radius 3 is 2.32 bits per heavy atom. The highest BCUT2D eigenvalue weighted by Crippen LogP contribution is 2.23. The SMILES string of the molecule is C[C@@H](C(=O)O)[C@H](C)n1c(=O)nc(Nc2ccc(Oc3cnc(Cl)cn3)cc2)n(Cc2ccc(Cl)cc2)c1=O. The number of benzene rings is 2. The summed E-state index contributed by atoms with van der Waals surface area (Å²) in [6, 6.07) is 12.5. The first-order valence-corrected chi connectivity index (χ1v) is 12.1. The van der Waals surface area contributed by atoms with E-state index >= 15 is 0 Å². The molecule has 4 rings (SSSR count). The zero-order valence-electron chi connectivity index (χ0n) is 20.2. The van der Waals surface area contributed by atoms with E-state index in [1.165, 1.54) is 30.8 Å². The van der Waals surface area contributed by atoms with Crippen LogP contribution in [0.15, 0.2) is 70.5 Å². The standard InChI is InChI=1S/C25H22Cl2N6O5/c1-14(22(34)35)15(2)33-24(36)31-23(32(25(33)37)13-16-3-5-17(26)6-4-16)30-18-7-9-19(10-8-18)38-21-12-28-20(27)11-29-21/h3-12,14-15H,13H2,1-2H3,(H,34,35)(H,30,31,36)/t14-,15+/m1/s1. The van der Waals surface area contributed by atoms with Gasteiger partial charge in [-0.2, -0.15) is 4.98 Å². The predicted octanol–water partition coefficient (Wildman–Crippen LogP) is 4.37. The molecule has 0 unspecified atom stereocenters. The summed E-state index contributed by atoms with van der Waals surface area (Å²) in [5, 5.41) is 13.2. The first-order chi connectivity index (χ1) is 18.1. The van der Waals surface area contributed by atoms with E-state index < -0.39 is 29.3 Å². The van der Waals surface area contributed by atoms with Gasteiger partial charge in [0.25, 0.3) is 0 Å². The fourth-order valence-electron chi connectivity index (χ4n) is 3.51. The fourth-order valence-corrected chi connectivity index (χ4v) is 3.73. The van der Waals surface area contributed by atoms with Gasteiger partial charge in [0.05, 0.1) is 30.9 Å². The monoisotopic (exact) mass is 556 g/mol. The van der Waals surface area contributed by atoms with Gasteiger partial charge in [0.1, 0.15) is 10.9 Å². The second-order valence-corrected chi connectivity index (χ2v) is 9.20. The van der Waals surface area contributed by atoms with Crippen LogP contribution in [0.4, 0.5) is 11.6 Å². The normalized spacial score (nSPS) is 12.5. The van der Waals surface area contributed by atoms with Crippen molar-refractivity contribution in [2.75, 3.05) is 5.32 Å². The minimum atomic E-state index is -1.14. The quantitative estimate of drug-likeness (QED) is 0.307. The van der Waals surface area contributed by atoms with Gasteiger partial charge in [-0.15, -0.1) is 0 Å². The van der Waals surface area contributed by atoms with Gasteiger partial charge in [0.2, 0.25) is 11.8 Å². The highest BCUT2D eigenvalue weighted by molar-refractivity contribution is 6.30. The lowest BCUT2D eigenvalue weighted by molar-refractivity contribution is -0.142. The molecule has 0 spiro atoms. The summed E-state index contributed by atoms with van der Waals surface area (Å²) in [6.07, 6.45) is 2.74. The molecule has 2 N–H and O–H groups in total. The first kappa shape index (κ1) is 26.8. The third kappa shape index (κ3) is 6.18. The number of aliphatic carboxylic acids is 1. The zero-order valence-corrected chi connectivity index (χ0v) is 21.7. The number of nitrogens with one attached hydrogen (secondary N) is 1. The van der Waals surface area contributed by atoms with Crippen molar-refractivity contribution in [3.05, 3.63) is 97.6 Å². The van der Waals surface area contributed by atoms with E-state index in [4.69, 9.17) is 27.9 Å². The van der Waals surface area contributed by atoms with Crippen molar-refractivity contribution in [1.29, 1.82) is 0 Å². The van der Waals surface area contributed by atoms with E-state index in [2.05, 4.69) is 20.3 Å². The lowest BCUT2D eigenvalue weighted by Crippen LogP contribution is -2.46. The molecule has 0 saturated carbocycles. The van der Waals surface area contributed by atoms with Crippen molar-refractivity contribution in [3.8, 4) is 11.6 Å². The molecule has 0 radical (unpaired) electrons. The molecular weight excluding hydrogens is 535 g/mol. The average Bonchev–Trinajstić information content (AvgIpc) is 2.89. The third-order valence-electron chi connectivity index (χ3n) is 5.80. The van der Waals surface area contributed by atoms with Gasteiger partial charge in [-0.3, -0.25) is 9.36 Å². The molecule has 0 fully saturated rings. The maximum atomic E-state index is 13.5. The van der Waals surface area contributed by atoms with Crippen LogP contribution in [-0.2, 0) is 11.3 Å². The Labute approximate surface area is 226 Å². The lowest BCUT2D eigenvalue weighted by atomic mass is 10.0. The van der Waals surface area contributed by atoms with Gasteiger partial charge in [0.15, 0.2) is 0 Å². The van der Waals surface area contributed by atoms with Gasteiger partial charge in [0, 0.05) is 10.7 Å². The van der Waals surface area contributed by atoms with Crippen LogP contribution in [0.1, 0.15) is 25.5 Å². The van der Waals surface area contributed by atoms with E-state index in [0.717, 1.165) is 10.1 Å². The molecule has 0 amide bonds. The lowest BCUT2D eigenvalue weighted by Gasteiger charge is -2.21. The molecule has 2 heterocycles. The molecule has 0 bridgehead atoms. The number of rotatable bonds is 9. The Morgan fingerprint density at radius 1 is 1.03 bits per heavy atom. The maximum absolute atomic E-state index is 13.5. The average molecular weight is 557 g/mol. The van der Waals surface area contributed by atoms with Crippen molar-refractivity contribution < 1.29 is 14.6 Å². The number of halogens is 2. The van der Waals surface area contributed by atoms with Crippen LogP contribution in [0, 0.1) is 5.92 Å². The van der Waals surface area contributed by atoms with Crippen molar-refractivity contribution in [1.82, 2.24) is 24.1 Å². The first-order valence-electron chi connectivity index (χ1n) is 11.4. The smallest absolute Gasteiger partial charge is 0.355 e. The van der Waals surface area contributed by atoms with Crippen LogP contribution in [0.2, 0.25) is 10.2 Å². The number of carboxylic acid groups (broad SMARTS) is 1. The third-order valence-corrected chi connectivity index (χ3v) is 6.25. The minimum Gasteiger partial charge on any atom is -0.481 e. The van der Waals surface area contributed by atoms with E-state index in [0.29, 0.717) is 16.5 Å². The molecule has 11 nitrogen and oxygen atoms in total. The molecule has 2 aromatic carbocycles. The maximum Gasteiger partial charge on any atom is 0.355 e. The summed E-state index contributed by atoms with van der Waals surface area (Å²) in [5.74, 6) is -1.43. The number of aromatic nitrogens is 5. The molecule has 38 heavy (non-hydrogen) atoms. The molecular formula is C25H22Cl2N6O5. The van der Waals surface area contributed by atoms with E-state index in [9.17, 15) is 19.5 Å². The Kier molecular flexibility index (Phi) is 8.08. The summed E-state index contributed by atoms with van der Waals surface area (Å²) in [7, 11) is 0. The van der Waals surface area contributed by atoms with Crippen LogP contribution in [0.5, 0.6) is 11.6 Å². The van der Waals surface area contributed by atoms with Crippen LogP contribution in [0.3, 0.4) is 0 Å². The summed E-state index contributed by atoms with van der Waals surface area (Å²) in [4.78, 5) is 49.9. The topological polar surface area (TPSA) is 141 Å². The number of nitrogens with zero attached hydrogens (tertiary/aromatic N) is 5. The van der Waals surface area contributed by atoms with Crippen molar-refractivity contribution >= 4 is 40.8 Å². The van der Waals surface area contributed by atoms with Crippen molar-refractivity contribution in [3.63, 3.8) is 0 Å². The number of carboxylic acids is 1. The summed E-state index contributed by atoms with van der Waals surface area (Å²) >= 11 is 11.7. The Balaban J connectivity index is 1.68. The van der Waals surface area contributed by atoms with Gasteiger partial charge >= 0.3 is 17.3 Å². The Hall–Kier alpha value is -4.22. The van der Waals surface area contributed by atoms with E-state index in [1.54, 1.807) is 48.5 Å². The highest BCUT2D eigenvalue weighted by atomic mass is 35.5. The highest BCUT2D eigenvalue weighted by Gasteiger charge is 2.26. The van der Waals surface area contributed by atoms with E-state index in [-0.39, 0.29) is 23.5 Å². The number of hydrogen-bond donors (Lipinski definition) is 2. The summed E-state index contributed by atoms with van der Waals surface area (Å²) in [5.41, 5.74) is -0.338. The molecule has 2 aromatic heterocycles. The molecule has 0 aliphatic carbocycles. The number of carbonyl (C=O) groups is 1. The number of hydrogen-bond acceptors (Lipinski definition) is 8. The second kappa shape index (κ2) is 11.4. The van der Waals surface area contributed by atoms with Crippen LogP contribution >= 0.6 is 23.2 Å². The van der Waals surface area contributed by atoms with Gasteiger partial charge in [-0.25, -0.2) is 24.1 Å². The van der Waals surface area contributed by atoms with Gasteiger partial charge < -0.3 is 15.2 Å². The zero-order chi connectivity index (χ0) is 27.4. The Bertz CT molecular complexity index is 1550. The molecule has 13 heteroatoms. The minimum absolute atomic E-state index is 0.0152. The second-order valence-electron chi connectivity index (χ2n) is 8.38. The van der Waals surface area contributed by atoms with Crippen LogP contribution < -0.4 is 21.4 Å². The van der Waals surface area contributed by atoms with Crippen molar-refractivity contribution in [2.24, 2.45) is 5.92 Å². The number of anilines is 2. The summed E-state index contributed by atoms with van der Waals surface area (Å²) in [6.45, 7) is 2.97. The van der Waals surface area contributed by atoms with E-state index in [1.807, 2.05) is 0 Å². The molecule has 0 aliphatic rings. The molecule has 0 saturated heterocycles. The molecule has 196 valence electrons. The van der Waals surface area contributed by atoms with Crippen LogP contribution in [-0.4, -0.2) is 35.2 Å². The largest absolute Gasteiger partial charge is 0.481 e.